The van der Waals surface area contributed by atoms with Gasteiger partial charge in [0.25, 0.3) is 5.97 Å². The molecule has 3 aromatic carbocycles. The van der Waals surface area contributed by atoms with Crippen LogP contribution >= 0.6 is 0 Å². The van der Waals surface area contributed by atoms with Crippen LogP contribution in [-0.2, 0) is 19.9 Å². The molecule has 3 aromatic rings. The van der Waals surface area contributed by atoms with Crippen LogP contribution in [0.1, 0.15) is 133 Å². The SMILES string of the molecule is CC(=O)O.CCCCCCCCCCCCCCCCCCOC[C@@H](O)COC(c1ccccc1)(c1ccccc1)c1ccccc1. The van der Waals surface area contributed by atoms with Crippen LogP contribution in [-0.4, -0.2) is 42.1 Å². The number of aliphatic hydroxyl groups excluding tert-OH is 1. The number of hydrogen-bond acceptors (Lipinski definition) is 4. The molecule has 260 valence electrons. The Labute approximate surface area is 285 Å². The number of carbonyl (C=O) groups is 1. The summed E-state index contributed by atoms with van der Waals surface area (Å²) in [6.45, 7) is 4.52. The van der Waals surface area contributed by atoms with Gasteiger partial charge in [-0.25, -0.2) is 0 Å². The molecule has 47 heavy (non-hydrogen) atoms. The van der Waals surface area contributed by atoms with Gasteiger partial charge in [0.1, 0.15) is 11.7 Å². The Bertz CT molecular complexity index is 1030. The zero-order valence-corrected chi connectivity index (χ0v) is 29.3. The van der Waals surface area contributed by atoms with Crippen molar-refractivity contribution in [1.29, 1.82) is 0 Å². The van der Waals surface area contributed by atoms with Crippen molar-refractivity contribution in [2.75, 3.05) is 19.8 Å². The summed E-state index contributed by atoms with van der Waals surface area (Å²) in [7, 11) is 0. The number of carboxylic acid groups (broad SMARTS) is 1. The van der Waals surface area contributed by atoms with Gasteiger partial charge in [0, 0.05) is 13.5 Å². The van der Waals surface area contributed by atoms with Gasteiger partial charge < -0.3 is 19.7 Å². The fourth-order valence-corrected chi connectivity index (χ4v) is 6.01. The second-order valence-corrected chi connectivity index (χ2v) is 12.6. The zero-order chi connectivity index (χ0) is 33.8. The highest BCUT2D eigenvalue weighted by Crippen LogP contribution is 2.40. The van der Waals surface area contributed by atoms with Crippen LogP contribution in [0.15, 0.2) is 91.0 Å². The summed E-state index contributed by atoms with van der Waals surface area (Å²) >= 11 is 0. The van der Waals surface area contributed by atoms with Crippen LogP contribution in [0.4, 0.5) is 0 Å². The molecule has 0 fully saturated rings. The average molecular weight is 647 g/mol. The van der Waals surface area contributed by atoms with Crippen molar-refractivity contribution < 1.29 is 24.5 Å². The monoisotopic (exact) mass is 646 g/mol. The van der Waals surface area contributed by atoms with Gasteiger partial charge in [0.2, 0.25) is 0 Å². The number of aliphatic hydroxyl groups is 1. The maximum Gasteiger partial charge on any atom is 0.300 e. The molecule has 2 N–H and O–H groups in total. The van der Waals surface area contributed by atoms with Gasteiger partial charge in [-0.1, -0.05) is 194 Å². The molecule has 0 aliphatic heterocycles. The topological polar surface area (TPSA) is 76.0 Å². The van der Waals surface area contributed by atoms with E-state index in [-0.39, 0.29) is 13.2 Å². The van der Waals surface area contributed by atoms with E-state index in [2.05, 4.69) is 43.3 Å². The second kappa shape index (κ2) is 26.0. The molecule has 0 aromatic heterocycles. The number of carboxylic acids is 1. The lowest BCUT2D eigenvalue weighted by Gasteiger charge is -2.36. The van der Waals surface area contributed by atoms with Gasteiger partial charge in [-0.3, -0.25) is 4.79 Å². The third-order valence-electron chi connectivity index (χ3n) is 8.49. The van der Waals surface area contributed by atoms with Crippen LogP contribution in [0.25, 0.3) is 0 Å². The molecule has 0 amide bonds. The van der Waals surface area contributed by atoms with Crippen molar-refractivity contribution in [3.8, 4) is 0 Å². The molecule has 0 spiro atoms. The summed E-state index contributed by atoms with van der Waals surface area (Å²) in [6.07, 6.45) is 21.1. The molecular weight excluding hydrogens is 584 g/mol. The molecule has 0 radical (unpaired) electrons. The number of rotatable bonds is 25. The summed E-state index contributed by atoms with van der Waals surface area (Å²) in [5.41, 5.74) is 2.29. The summed E-state index contributed by atoms with van der Waals surface area (Å²) < 4.78 is 12.6. The van der Waals surface area contributed by atoms with E-state index >= 15 is 0 Å². The van der Waals surface area contributed by atoms with E-state index in [4.69, 9.17) is 19.4 Å². The Kier molecular flexibility index (Phi) is 22.2. The van der Waals surface area contributed by atoms with Gasteiger partial charge in [-0.05, 0) is 23.1 Å². The van der Waals surface area contributed by atoms with E-state index in [0.717, 1.165) is 30.0 Å². The van der Waals surface area contributed by atoms with E-state index in [1.165, 1.54) is 96.3 Å². The van der Waals surface area contributed by atoms with E-state index in [9.17, 15) is 5.11 Å². The van der Waals surface area contributed by atoms with Gasteiger partial charge in [0.05, 0.1) is 13.2 Å². The number of unbranched alkanes of at least 4 members (excludes halogenated alkanes) is 15. The van der Waals surface area contributed by atoms with Crippen molar-refractivity contribution >= 4 is 5.97 Å². The Balaban J connectivity index is 0.00000181. The first-order valence-corrected chi connectivity index (χ1v) is 18.3. The Morgan fingerprint density at radius 1 is 0.574 bits per heavy atom. The van der Waals surface area contributed by atoms with Gasteiger partial charge in [-0.2, -0.15) is 0 Å². The fourth-order valence-electron chi connectivity index (χ4n) is 6.01. The Hall–Kier alpha value is -2.99. The summed E-state index contributed by atoms with van der Waals surface area (Å²) in [6, 6.07) is 30.9. The Morgan fingerprint density at radius 3 is 1.23 bits per heavy atom. The van der Waals surface area contributed by atoms with E-state index < -0.39 is 17.7 Å². The lowest BCUT2D eigenvalue weighted by atomic mass is 9.80. The second-order valence-electron chi connectivity index (χ2n) is 12.6. The lowest BCUT2D eigenvalue weighted by Crippen LogP contribution is -2.36. The molecule has 0 aliphatic rings. The van der Waals surface area contributed by atoms with Crippen molar-refractivity contribution in [3.05, 3.63) is 108 Å². The third kappa shape index (κ3) is 17.1. The highest BCUT2D eigenvalue weighted by molar-refractivity contribution is 5.63. The van der Waals surface area contributed by atoms with Crippen molar-refractivity contribution in [2.45, 2.75) is 128 Å². The first-order chi connectivity index (χ1) is 23.0. The molecular formula is C42H62O5. The highest BCUT2D eigenvalue weighted by Gasteiger charge is 2.38. The maximum absolute atomic E-state index is 10.8. The number of hydrogen-bond donors (Lipinski definition) is 2. The number of ether oxygens (including phenoxy) is 2. The predicted octanol–water partition coefficient (Wildman–Crippen LogP) is 10.7. The minimum Gasteiger partial charge on any atom is -0.481 e. The van der Waals surface area contributed by atoms with Gasteiger partial charge >= 0.3 is 0 Å². The minimum atomic E-state index is -0.833. The molecule has 0 saturated carbocycles. The standard InChI is InChI=1S/C40H58O3.C2H4O2/c1-2-3-4-5-6-7-8-9-10-11-12-13-14-15-16-26-33-42-34-39(41)35-43-40(36-27-20-17-21-28-36,37-29-22-18-23-30-37)38-31-24-19-25-32-38;1-2(3)4/h17-25,27-32,39,41H,2-16,26,33-35H2,1H3;1H3,(H,3,4)/t39-;/m1./s1. The summed E-state index contributed by atoms with van der Waals surface area (Å²) in [5.74, 6) is -0.833. The van der Waals surface area contributed by atoms with Crippen molar-refractivity contribution in [3.63, 3.8) is 0 Å². The van der Waals surface area contributed by atoms with Crippen molar-refractivity contribution in [1.82, 2.24) is 0 Å². The Morgan fingerprint density at radius 2 is 0.894 bits per heavy atom. The smallest absolute Gasteiger partial charge is 0.300 e. The lowest BCUT2D eigenvalue weighted by molar-refractivity contribution is -0.134. The van der Waals surface area contributed by atoms with Gasteiger partial charge in [0.15, 0.2) is 0 Å². The molecule has 0 heterocycles. The largest absolute Gasteiger partial charge is 0.481 e. The summed E-state index contributed by atoms with van der Waals surface area (Å²) in [4.78, 5) is 9.00. The van der Waals surface area contributed by atoms with Gasteiger partial charge in [-0.15, -0.1) is 0 Å². The predicted molar refractivity (Wildman–Crippen MR) is 195 cm³/mol. The first-order valence-electron chi connectivity index (χ1n) is 18.3. The van der Waals surface area contributed by atoms with E-state index in [1.54, 1.807) is 0 Å². The van der Waals surface area contributed by atoms with E-state index in [0.29, 0.717) is 6.61 Å². The number of aliphatic carboxylic acids is 1. The molecule has 5 nitrogen and oxygen atoms in total. The first kappa shape index (κ1) is 40.2. The molecule has 0 aliphatic carbocycles. The molecule has 1 atom stereocenters. The minimum absolute atomic E-state index is 0.178. The maximum atomic E-state index is 10.8. The molecule has 0 bridgehead atoms. The third-order valence-corrected chi connectivity index (χ3v) is 8.49. The molecule has 3 rings (SSSR count). The quantitative estimate of drug-likeness (QED) is 0.0707. The molecule has 0 unspecified atom stereocenters. The highest BCUT2D eigenvalue weighted by atomic mass is 16.5. The van der Waals surface area contributed by atoms with Crippen LogP contribution in [0.5, 0.6) is 0 Å². The van der Waals surface area contributed by atoms with Crippen LogP contribution < -0.4 is 0 Å². The van der Waals surface area contributed by atoms with Crippen LogP contribution in [0.2, 0.25) is 0 Å². The zero-order valence-electron chi connectivity index (χ0n) is 29.3. The average Bonchev–Trinajstić information content (AvgIpc) is 3.09. The fraction of sp³-hybridized carbons (Fsp3) is 0.548. The summed E-state index contributed by atoms with van der Waals surface area (Å²) in [5, 5.41) is 18.3. The number of benzene rings is 3. The molecule has 5 heteroatoms. The van der Waals surface area contributed by atoms with Crippen LogP contribution in [0, 0.1) is 0 Å². The van der Waals surface area contributed by atoms with E-state index in [1.807, 2.05) is 54.6 Å². The normalized spacial score (nSPS) is 11.9. The molecule has 0 saturated heterocycles. The van der Waals surface area contributed by atoms with Crippen molar-refractivity contribution in [2.24, 2.45) is 0 Å². The van der Waals surface area contributed by atoms with Crippen LogP contribution in [0.3, 0.4) is 0 Å².